The lowest BCUT2D eigenvalue weighted by Crippen LogP contribution is -2.22. The zero-order chi connectivity index (χ0) is 20.6. The van der Waals surface area contributed by atoms with E-state index >= 15 is 0 Å². The maximum Gasteiger partial charge on any atom is 0.269 e. The maximum absolute atomic E-state index is 11.8. The van der Waals surface area contributed by atoms with Crippen molar-refractivity contribution < 1.29 is 18.9 Å². The van der Waals surface area contributed by atoms with Gasteiger partial charge in [-0.25, -0.2) is 5.43 Å². The van der Waals surface area contributed by atoms with E-state index in [-0.39, 0.29) is 18.9 Å². The van der Waals surface area contributed by atoms with E-state index in [0.29, 0.717) is 22.1 Å². The third-order valence-electron chi connectivity index (χ3n) is 3.82. The number of rotatable bonds is 8. The average Bonchev–Trinajstić information content (AvgIpc) is 3.18. The minimum atomic E-state index is -0.467. The van der Waals surface area contributed by atoms with E-state index in [0.717, 1.165) is 5.56 Å². The number of carbonyl (C=O) groups is 1. The van der Waals surface area contributed by atoms with Crippen LogP contribution in [0.25, 0.3) is 11.3 Å². The molecule has 0 unspecified atom stereocenters. The maximum atomic E-state index is 11.8. The van der Waals surface area contributed by atoms with Crippen molar-refractivity contribution in [3.8, 4) is 11.3 Å². The van der Waals surface area contributed by atoms with E-state index < -0.39 is 10.8 Å². The van der Waals surface area contributed by atoms with Crippen molar-refractivity contribution in [3.05, 3.63) is 87.1 Å². The normalized spacial score (nSPS) is 10.9. The van der Waals surface area contributed by atoms with E-state index in [1.165, 1.54) is 18.3 Å². The molecular formula is C20H16ClN3O5. The van der Waals surface area contributed by atoms with Gasteiger partial charge in [-0.05, 0) is 35.9 Å². The fourth-order valence-corrected chi connectivity index (χ4v) is 2.58. The SMILES string of the molecule is O=C(COCc1ccccc1Cl)N/N=C/c1ccc(-c2ccc([N+](=O)[O-])cc2)o1. The van der Waals surface area contributed by atoms with E-state index in [1.807, 2.05) is 18.2 Å². The Labute approximate surface area is 170 Å². The summed E-state index contributed by atoms with van der Waals surface area (Å²) < 4.78 is 10.9. The number of hydrogen-bond donors (Lipinski definition) is 1. The van der Waals surface area contributed by atoms with Gasteiger partial charge in [-0.15, -0.1) is 0 Å². The highest BCUT2D eigenvalue weighted by molar-refractivity contribution is 6.31. The molecule has 3 rings (SSSR count). The van der Waals surface area contributed by atoms with Crippen LogP contribution in [-0.2, 0) is 16.1 Å². The van der Waals surface area contributed by atoms with Gasteiger partial charge in [0.1, 0.15) is 18.1 Å². The van der Waals surface area contributed by atoms with Crippen LogP contribution >= 0.6 is 11.6 Å². The number of halogens is 1. The molecule has 1 heterocycles. The van der Waals surface area contributed by atoms with Crippen LogP contribution in [0.2, 0.25) is 5.02 Å². The lowest BCUT2D eigenvalue weighted by molar-refractivity contribution is -0.384. The van der Waals surface area contributed by atoms with E-state index in [9.17, 15) is 14.9 Å². The summed E-state index contributed by atoms with van der Waals surface area (Å²) in [6.07, 6.45) is 1.35. The van der Waals surface area contributed by atoms with Crippen LogP contribution in [0, 0.1) is 10.1 Å². The molecule has 0 aliphatic carbocycles. The first-order chi connectivity index (χ1) is 14.0. The summed E-state index contributed by atoms with van der Waals surface area (Å²) in [7, 11) is 0. The highest BCUT2D eigenvalue weighted by Gasteiger charge is 2.08. The number of hydrazone groups is 1. The van der Waals surface area contributed by atoms with Gasteiger partial charge in [-0.3, -0.25) is 14.9 Å². The summed E-state index contributed by atoms with van der Waals surface area (Å²) in [5.41, 5.74) is 3.82. The summed E-state index contributed by atoms with van der Waals surface area (Å²) in [6, 6.07) is 16.6. The predicted molar refractivity (Wildman–Crippen MR) is 108 cm³/mol. The number of nitrogens with zero attached hydrogens (tertiary/aromatic N) is 2. The zero-order valence-corrected chi connectivity index (χ0v) is 15.8. The Balaban J connectivity index is 1.47. The summed E-state index contributed by atoms with van der Waals surface area (Å²) in [4.78, 5) is 22.0. The van der Waals surface area contributed by atoms with Gasteiger partial charge in [0.25, 0.3) is 11.6 Å². The summed E-state index contributed by atoms with van der Waals surface area (Å²) in [6.45, 7) is 0.0440. The Morgan fingerprint density at radius 1 is 1.17 bits per heavy atom. The molecule has 1 N–H and O–H groups in total. The Morgan fingerprint density at radius 2 is 1.93 bits per heavy atom. The van der Waals surface area contributed by atoms with Crippen LogP contribution in [0.3, 0.4) is 0 Å². The molecular weight excluding hydrogens is 398 g/mol. The van der Waals surface area contributed by atoms with Gasteiger partial charge >= 0.3 is 0 Å². The van der Waals surface area contributed by atoms with Crippen molar-refractivity contribution >= 4 is 29.4 Å². The number of carbonyl (C=O) groups excluding carboxylic acids is 1. The van der Waals surface area contributed by atoms with Crippen LogP contribution < -0.4 is 5.43 Å². The lowest BCUT2D eigenvalue weighted by Gasteiger charge is -2.04. The lowest BCUT2D eigenvalue weighted by atomic mass is 10.1. The van der Waals surface area contributed by atoms with Crippen LogP contribution in [0.5, 0.6) is 0 Å². The molecule has 0 spiro atoms. The van der Waals surface area contributed by atoms with Gasteiger partial charge in [-0.1, -0.05) is 29.8 Å². The van der Waals surface area contributed by atoms with Gasteiger partial charge in [0.2, 0.25) is 0 Å². The Hall–Kier alpha value is -3.49. The smallest absolute Gasteiger partial charge is 0.269 e. The molecule has 148 valence electrons. The van der Waals surface area contributed by atoms with Crippen molar-refractivity contribution in [1.82, 2.24) is 5.43 Å². The number of benzene rings is 2. The molecule has 0 bridgehead atoms. The Morgan fingerprint density at radius 3 is 2.66 bits per heavy atom. The number of nitro groups is 1. The largest absolute Gasteiger partial charge is 0.455 e. The number of furan rings is 1. The van der Waals surface area contributed by atoms with Crippen LogP contribution in [0.4, 0.5) is 5.69 Å². The second-order valence-corrected chi connectivity index (χ2v) is 6.29. The minimum Gasteiger partial charge on any atom is -0.455 e. The monoisotopic (exact) mass is 413 g/mol. The van der Waals surface area contributed by atoms with E-state index in [4.69, 9.17) is 20.8 Å². The number of amides is 1. The molecule has 3 aromatic rings. The van der Waals surface area contributed by atoms with Crippen molar-refractivity contribution in [1.29, 1.82) is 0 Å². The average molecular weight is 414 g/mol. The number of hydrogen-bond acceptors (Lipinski definition) is 6. The molecule has 1 amide bonds. The summed E-state index contributed by atoms with van der Waals surface area (Å²) >= 11 is 6.01. The third kappa shape index (κ3) is 5.74. The molecule has 0 aliphatic heterocycles. The molecule has 0 atom stereocenters. The molecule has 0 aliphatic rings. The molecule has 9 heteroatoms. The van der Waals surface area contributed by atoms with Crippen LogP contribution in [0.15, 0.2) is 70.2 Å². The van der Waals surface area contributed by atoms with Gasteiger partial charge in [0.15, 0.2) is 0 Å². The highest BCUT2D eigenvalue weighted by atomic mass is 35.5. The standard InChI is InChI=1S/C20H16ClN3O5/c21-18-4-2-1-3-15(18)12-28-13-20(25)23-22-11-17-9-10-19(29-17)14-5-7-16(8-6-14)24(26)27/h1-11H,12-13H2,(H,23,25)/b22-11+. The summed E-state index contributed by atoms with van der Waals surface area (Å²) in [5, 5.41) is 15.1. The number of ether oxygens (including phenoxy) is 1. The molecule has 0 fully saturated rings. The van der Waals surface area contributed by atoms with Crippen LogP contribution in [-0.4, -0.2) is 23.7 Å². The van der Waals surface area contributed by atoms with Gasteiger partial charge in [0, 0.05) is 22.7 Å². The molecule has 0 saturated carbocycles. The second-order valence-electron chi connectivity index (χ2n) is 5.88. The third-order valence-corrected chi connectivity index (χ3v) is 4.19. The molecule has 0 saturated heterocycles. The van der Waals surface area contributed by atoms with E-state index in [2.05, 4.69) is 10.5 Å². The van der Waals surface area contributed by atoms with Crippen molar-refractivity contribution in [3.63, 3.8) is 0 Å². The Kier molecular flexibility index (Phi) is 6.72. The minimum absolute atomic E-state index is 0.00144. The number of non-ortho nitro benzene ring substituents is 1. The first-order valence-corrected chi connectivity index (χ1v) is 8.88. The number of nitro benzene ring substituents is 1. The van der Waals surface area contributed by atoms with Crippen molar-refractivity contribution in [2.75, 3.05) is 6.61 Å². The molecule has 29 heavy (non-hydrogen) atoms. The highest BCUT2D eigenvalue weighted by Crippen LogP contribution is 2.24. The first-order valence-electron chi connectivity index (χ1n) is 8.50. The fourth-order valence-electron chi connectivity index (χ4n) is 2.39. The van der Waals surface area contributed by atoms with Crippen LogP contribution in [0.1, 0.15) is 11.3 Å². The topological polar surface area (TPSA) is 107 Å². The molecule has 2 aromatic carbocycles. The predicted octanol–water partition coefficient (Wildman–Crippen LogP) is 4.18. The van der Waals surface area contributed by atoms with Gasteiger partial charge in [-0.2, -0.15) is 5.10 Å². The first kappa shape index (κ1) is 20.2. The molecule has 0 radical (unpaired) electrons. The molecule has 1 aromatic heterocycles. The fraction of sp³-hybridized carbons (Fsp3) is 0.100. The van der Waals surface area contributed by atoms with E-state index in [1.54, 1.807) is 30.3 Å². The van der Waals surface area contributed by atoms with Crippen molar-refractivity contribution in [2.45, 2.75) is 6.61 Å². The zero-order valence-electron chi connectivity index (χ0n) is 15.1. The second kappa shape index (κ2) is 9.63. The number of nitrogens with one attached hydrogen (secondary N) is 1. The Bertz CT molecular complexity index is 1030. The quantitative estimate of drug-likeness (QED) is 0.338. The summed E-state index contributed by atoms with van der Waals surface area (Å²) in [5.74, 6) is 0.516. The van der Waals surface area contributed by atoms with Gasteiger partial charge < -0.3 is 9.15 Å². The molecule has 8 nitrogen and oxygen atoms in total. The van der Waals surface area contributed by atoms with Crippen molar-refractivity contribution in [2.24, 2.45) is 5.10 Å². The van der Waals surface area contributed by atoms with Gasteiger partial charge in [0.05, 0.1) is 17.7 Å².